The van der Waals surface area contributed by atoms with Crippen LogP contribution in [-0.4, -0.2) is 11.8 Å². The highest BCUT2D eigenvalue weighted by atomic mass is 127. The van der Waals surface area contributed by atoms with Gasteiger partial charge in [0.1, 0.15) is 4.87 Å². The maximum absolute atomic E-state index is 13.7. The van der Waals surface area contributed by atoms with Crippen molar-refractivity contribution in [2.75, 3.05) is 4.90 Å². The van der Waals surface area contributed by atoms with Gasteiger partial charge in [0, 0.05) is 9.49 Å². The number of imide groups is 1. The van der Waals surface area contributed by atoms with Crippen molar-refractivity contribution >= 4 is 51.7 Å². The molecule has 2 amide bonds. The highest BCUT2D eigenvalue weighted by Gasteiger charge is 2.68. The van der Waals surface area contributed by atoms with E-state index >= 15 is 0 Å². The van der Waals surface area contributed by atoms with Crippen LogP contribution in [0.3, 0.4) is 0 Å². The molecule has 3 nitrogen and oxygen atoms in total. The van der Waals surface area contributed by atoms with Crippen molar-refractivity contribution in [1.82, 2.24) is 0 Å². The molecule has 3 aromatic rings. The van der Waals surface area contributed by atoms with Crippen LogP contribution >= 0.6 is 34.2 Å². The average molecular weight is 512 g/mol. The fourth-order valence-electron chi connectivity index (χ4n) is 5.55. The van der Waals surface area contributed by atoms with Crippen molar-refractivity contribution in [3.05, 3.63) is 98.6 Å². The van der Waals surface area contributed by atoms with Gasteiger partial charge >= 0.3 is 0 Å². The molecule has 3 aliphatic carbocycles. The highest BCUT2D eigenvalue weighted by molar-refractivity contribution is 14.1. The Balaban J connectivity index is 1.64. The van der Waals surface area contributed by atoms with Gasteiger partial charge in [-0.25, -0.2) is 4.90 Å². The second-order valence-electron chi connectivity index (χ2n) is 7.83. The summed E-state index contributed by atoms with van der Waals surface area (Å²) in [5, 5.41) is 0. The average Bonchev–Trinajstić information content (AvgIpc) is 3.01. The molecule has 2 atom stereocenters. The standard InChI is InChI=1S/C24H15ClINO2/c25-24-15-9-3-1-7-13(15)19(14-8-2-4-10-16(14)24)20-21(24)23(29)27(22(20)28)18-12-6-5-11-17(18)26/h1-12,19-21H/t19?,20-,21-,24?/m0/s1. The van der Waals surface area contributed by atoms with Crippen molar-refractivity contribution in [1.29, 1.82) is 0 Å². The number of carbonyl (C=O) groups is 2. The van der Waals surface area contributed by atoms with Gasteiger partial charge in [0.05, 0.1) is 17.5 Å². The summed E-state index contributed by atoms with van der Waals surface area (Å²) in [7, 11) is 0. The normalized spacial score (nSPS) is 28.9. The number of halogens is 2. The summed E-state index contributed by atoms with van der Waals surface area (Å²) in [5.74, 6) is -1.60. The first kappa shape index (κ1) is 17.7. The summed E-state index contributed by atoms with van der Waals surface area (Å²) in [6.07, 6.45) is 0. The highest BCUT2D eigenvalue weighted by Crippen LogP contribution is 2.65. The maximum Gasteiger partial charge on any atom is 0.240 e. The number of alkyl halides is 1. The van der Waals surface area contributed by atoms with E-state index in [9.17, 15) is 9.59 Å². The summed E-state index contributed by atoms with van der Waals surface area (Å²) in [6, 6.07) is 23.5. The van der Waals surface area contributed by atoms with Gasteiger partial charge in [-0.1, -0.05) is 60.7 Å². The summed E-state index contributed by atoms with van der Waals surface area (Å²) in [5.41, 5.74) is 4.68. The predicted octanol–water partition coefficient (Wildman–Crippen LogP) is 5.04. The molecule has 7 rings (SSSR count). The topological polar surface area (TPSA) is 37.4 Å². The maximum atomic E-state index is 13.7. The molecular weight excluding hydrogens is 497 g/mol. The van der Waals surface area contributed by atoms with E-state index in [-0.39, 0.29) is 17.7 Å². The second kappa shape index (κ2) is 5.92. The van der Waals surface area contributed by atoms with Gasteiger partial charge in [0.2, 0.25) is 11.8 Å². The molecule has 0 radical (unpaired) electrons. The van der Waals surface area contributed by atoms with E-state index in [1.54, 1.807) is 0 Å². The molecule has 29 heavy (non-hydrogen) atoms. The molecule has 0 saturated carbocycles. The van der Waals surface area contributed by atoms with Crippen LogP contribution < -0.4 is 4.90 Å². The Bertz CT molecular complexity index is 1180. The number of anilines is 1. The number of benzene rings is 3. The summed E-state index contributed by atoms with van der Waals surface area (Å²) < 4.78 is 0.872. The third-order valence-electron chi connectivity index (χ3n) is 6.61. The van der Waals surface area contributed by atoms with Gasteiger partial charge in [-0.2, -0.15) is 0 Å². The summed E-state index contributed by atoms with van der Waals surface area (Å²) >= 11 is 9.59. The van der Waals surface area contributed by atoms with Crippen molar-refractivity contribution in [3.8, 4) is 0 Å². The molecule has 3 aromatic carbocycles. The van der Waals surface area contributed by atoms with Crippen LogP contribution in [0.5, 0.6) is 0 Å². The Morgan fingerprint density at radius 3 is 1.97 bits per heavy atom. The van der Waals surface area contributed by atoms with Crippen molar-refractivity contribution < 1.29 is 9.59 Å². The molecule has 5 heteroatoms. The molecule has 0 unspecified atom stereocenters. The minimum atomic E-state index is -1.03. The van der Waals surface area contributed by atoms with Gasteiger partial charge in [0.25, 0.3) is 0 Å². The minimum absolute atomic E-state index is 0.150. The van der Waals surface area contributed by atoms with Crippen molar-refractivity contribution in [2.45, 2.75) is 10.8 Å². The molecule has 1 heterocycles. The van der Waals surface area contributed by atoms with Gasteiger partial charge < -0.3 is 0 Å². The van der Waals surface area contributed by atoms with Crippen LogP contribution in [0.25, 0.3) is 0 Å². The number of nitrogens with zero attached hydrogens (tertiary/aromatic N) is 1. The number of rotatable bonds is 1. The monoisotopic (exact) mass is 511 g/mol. The molecule has 1 aliphatic heterocycles. The Morgan fingerprint density at radius 1 is 0.793 bits per heavy atom. The predicted molar refractivity (Wildman–Crippen MR) is 120 cm³/mol. The number of para-hydroxylation sites is 1. The van der Waals surface area contributed by atoms with Gasteiger partial charge in [-0.3, -0.25) is 9.59 Å². The Kier molecular flexibility index (Phi) is 3.61. The molecule has 0 N–H and O–H groups in total. The number of carbonyl (C=O) groups excluding carboxylic acids is 2. The molecule has 142 valence electrons. The smallest absolute Gasteiger partial charge is 0.240 e. The lowest BCUT2D eigenvalue weighted by Gasteiger charge is -2.50. The van der Waals surface area contributed by atoms with E-state index in [1.807, 2.05) is 60.7 Å². The zero-order chi connectivity index (χ0) is 19.9. The van der Waals surface area contributed by atoms with E-state index in [4.69, 9.17) is 11.6 Å². The first-order valence-corrected chi connectivity index (χ1v) is 11.0. The quantitative estimate of drug-likeness (QED) is 0.261. The lowest BCUT2D eigenvalue weighted by molar-refractivity contribution is -0.122. The lowest BCUT2D eigenvalue weighted by Crippen LogP contribution is -2.50. The van der Waals surface area contributed by atoms with Crippen molar-refractivity contribution in [3.63, 3.8) is 0 Å². The van der Waals surface area contributed by atoms with Crippen LogP contribution in [0, 0.1) is 15.4 Å². The van der Waals surface area contributed by atoms with Crippen LogP contribution in [0.2, 0.25) is 0 Å². The third-order valence-corrected chi connectivity index (χ3v) is 8.16. The SMILES string of the molecule is O=C1[C@@H]2[C@@H](C(=O)N1c1ccccc1I)C1c3ccccc3C2(Cl)c2ccccc21. The largest absolute Gasteiger partial charge is 0.274 e. The molecule has 0 spiro atoms. The van der Waals surface area contributed by atoms with E-state index in [1.165, 1.54) is 4.90 Å². The Morgan fingerprint density at radius 2 is 1.34 bits per heavy atom. The molecule has 1 fully saturated rings. The van der Waals surface area contributed by atoms with Crippen molar-refractivity contribution in [2.24, 2.45) is 11.8 Å². The van der Waals surface area contributed by atoms with Crippen LogP contribution in [0.15, 0.2) is 72.8 Å². The van der Waals surface area contributed by atoms with E-state index in [0.29, 0.717) is 5.69 Å². The lowest BCUT2D eigenvalue weighted by atomic mass is 9.54. The zero-order valence-corrected chi connectivity index (χ0v) is 18.1. The molecular formula is C24H15ClINO2. The van der Waals surface area contributed by atoms with E-state index in [2.05, 4.69) is 34.7 Å². The van der Waals surface area contributed by atoms with Crippen LogP contribution in [0.4, 0.5) is 5.69 Å². The Labute approximate surface area is 186 Å². The van der Waals surface area contributed by atoms with E-state index < -0.39 is 16.7 Å². The molecule has 2 bridgehead atoms. The molecule has 0 aromatic heterocycles. The third kappa shape index (κ3) is 2.04. The van der Waals surface area contributed by atoms with Gasteiger partial charge in [0.15, 0.2) is 0 Å². The minimum Gasteiger partial charge on any atom is -0.274 e. The van der Waals surface area contributed by atoms with Crippen LogP contribution in [-0.2, 0) is 14.5 Å². The number of amides is 2. The first-order chi connectivity index (χ1) is 14.0. The number of hydrogen-bond donors (Lipinski definition) is 0. The second-order valence-corrected chi connectivity index (χ2v) is 9.59. The summed E-state index contributed by atoms with van der Waals surface area (Å²) in [4.78, 5) is 27.8. The zero-order valence-electron chi connectivity index (χ0n) is 15.2. The fourth-order valence-corrected chi connectivity index (χ4v) is 6.75. The Hall–Kier alpha value is -2.18. The van der Waals surface area contributed by atoms with Gasteiger partial charge in [-0.05, 0) is 57.0 Å². The summed E-state index contributed by atoms with van der Waals surface area (Å²) in [6.45, 7) is 0. The first-order valence-electron chi connectivity index (χ1n) is 9.55. The van der Waals surface area contributed by atoms with E-state index in [0.717, 1.165) is 25.8 Å². The number of hydrogen-bond acceptors (Lipinski definition) is 2. The fraction of sp³-hybridized carbons (Fsp3) is 0.167. The van der Waals surface area contributed by atoms with Crippen LogP contribution in [0.1, 0.15) is 28.2 Å². The van der Waals surface area contributed by atoms with Gasteiger partial charge in [-0.15, -0.1) is 11.6 Å². The molecule has 1 saturated heterocycles. The molecule has 4 aliphatic rings.